The summed E-state index contributed by atoms with van der Waals surface area (Å²) < 4.78 is 5.18. The molecule has 0 bridgehead atoms. The fraction of sp³-hybridized carbons (Fsp3) is 0.200. The molecule has 1 N–H and O–H groups in total. The summed E-state index contributed by atoms with van der Waals surface area (Å²) in [4.78, 5) is 51.2. The predicted octanol–water partition coefficient (Wildman–Crippen LogP) is 1.54. The van der Waals surface area contributed by atoms with E-state index >= 15 is 0 Å². The van der Waals surface area contributed by atoms with Gasteiger partial charge in [-0.1, -0.05) is 48.5 Å². The molecule has 0 spiro atoms. The highest BCUT2D eigenvalue weighted by molar-refractivity contribution is 6.18. The first-order valence-electron chi connectivity index (χ1n) is 8.57. The Balaban J connectivity index is 1.74. The largest absolute Gasteiger partial charge is 0.459 e. The van der Waals surface area contributed by atoms with E-state index in [1.807, 2.05) is 6.07 Å². The van der Waals surface area contributed by atoms with Gasteiger partial charge in [0.1, 0.15) is 19.4 Å². The van der Waals surface area contributed by atoms with Crippen molar-refractivity contribution in [3.63, 3.8) is 0 Å². The Morgan fingerprint density at radius 1 is 1.00 bits per heavy atom. The standard InChI is InChI=1S/C20H18N2O6/c23-13-21-16(19(26)28-12-14-7-3-1-4-8-14)11-17(24)22(20(21)27)18(25)15-9-5-2-6-10-15/h1-10,16,23H,11-13H2. The summed E-state index contributed by atoms with van der Waals surface area (Å²) >= 11 is 0. The van der Waals surface area contributed by atoms with E-state index in [2.05, 4.69) is 0 Å². The third-order valence-electron chi connectivity index (χ3n) is 4.30. The molecule has 4 amide bonds. The Morgan fingerprint density at radius 2 is 1.61 bits per heavy atom. The lowest BCUT2D eigenvalue weighted by Crippen LogP contribution is -2.61. The Hall–Kier alpha value is -3.52. The first-order chi connectivity index (χ1) is 13.5. The van der Waals surface area contributed by atoms with Crippen LogP contribution in [0.15, 0.2) is 60.7 Å². The number of amides is 4. The maximum Gasteiger partial charge on any atom is 0.336 e. The molecule has 1 aliphatic heterocycles. The highest BCUT2D eigenvalue weighted by Gasteiger charge is 2.45. The summed E-state index contributed by atoms with van der Waals surface area (Å²) in [6, 6.07) is 14.3. The van der Waals surface area contributed by atoms with E-state index in [9.17, 15) is 24.3 Å². The number of benzene rings is 2. The average molecular weight is 382 g/mol. The average Bonchev–Trinajstić information content (AvgIpc) is 2.73. The highest BCUT2D eigenvalue weighted by atomic mass is 16.5. The molecule has 0 saturated carbocycles. The summed E-state index contributed by atoms with van der Waals surface area (Å²) in [5, 5.41) is 9.57. The molecule has 2 aromatic carbocycles. The summed E-state index contributed by atoms with van der Waals surface area (Å²) in [7, 11) is 0. The van der Waals surface area contributed by atoms with Crippen molar-refractivity contribution in [2.24, 2.45) is 0 Å². The molecule has 0 aliphatic carbocycles. The van der Waals surface area contributed by atoms with Crippen LogP contribution in [0.1, 0.15) is 22.3 Å². The van der Waals surface area contributed by atoms with Crippen LogP contribution in [0.25, 0.3) is 0 Å². The Morgan fingerprint density at radius 3 is 2.21 bits per heavy atom. The van der Waals surface area contributed by atoms with Crippen molar-refractivity contribution in [2.45, 2.75) is 19.1 Å². The number of nitrogens with zero attached hydrogens (tertiary/aromatic N) is 2. The van der Waals surface area contributed by atoms with E-state index in [1.54, 1.807) is 42.5 Å². The van der Waals surface area contributed by atoms with Crippen LogP contribution in [0.2, 0.25) is 0 Å². The summed E-state index contributed by atoms with van der Waals surface area (Å²) in [5.41, 5.74) is 0.882. The topological polar surface area (TPSA) is 104 Å². The number of imide groups is 3. The molecule has 0 radical (unpaired) electrons. The fourth-order valence-corrected chi connectivity index (χ4v) is 2.84. The molecule has 8 nitrogen and oxygen atoms in total. The molecule has 28 heavy (non-hydrogen) atoms. The summed E-state index contributed by atoms with van der Waals surface area (Å²) in [6.45, 7) is -0.875. The van der Waals surface area contributed by atoms with Crippen molar-refractivity contribution in [1.29, 1.82) is 0 Å². The van der Waals surface area contributed by atoms with Crippen LogP contribution < -0.4 is 0 Å². The number of rotatable bonds is 5. The van der Waals surface area contributed by atoms with Gasteiger partial charge >= 0.3 is 12.0 Å². The van der Waals surface area contributed by atoms with Crippen LogP contribution in [0, 0.1) is 0 Å². The van der Waals surface area contributed by atoms with Crippen molar-refractivity contribution < 1.29 is 29.0 Å². The van der Waals surface area contributed by atoms with Gasteiger partial charge in [0.2, 0.25) is 5.91 Å². The van der Waals surface area contributed by atoms with Crippen LogP contribution in [0.4, 0.5) is 4.79 Å². The monoisotopic (exact) mass is 382 g/mol. The van der Waals surface area contributed by atoms with Gasteiger partial charge in [-0.2, -0.15) is 4.90 Å². The first kappa shape index (κ1) is 19.2. The van der Waals surface area contributed by atoms with E-state index in [4.69, 9.17) is 4.74 Å². The number of esters is 1. The number of aliphatic hydroxyl groups is 1. The van der Waals surface area contributed by atoms with E-state index in [0.717, 1.165) is 10.5 Å². The molecular formula is C20H18N2O6. The van der Waals surface area contributed by atoms with Crippen molar-refractivity contribution in [3.8, 4) is 0 Å². The van der Waals surface area contributed by atoms with Crippen molar-refractivity contribution in [1.82, 2.24) is 9.80 Å². The number of carbonyl (C=O) groups is 4. The minimum absolute atomic E-state index is 0.0372. The molecule has 2 aromatic rings. The van der Waals surface area contributed by atoms with Crippen LogP contribution in [0.3, 0.4) is 0 Å². The second-order valence-electron chi connectivity index (χ2n) is 6.11. The van der Waals surface area contributed by atoms with E-state index in [-0.39, 0.29) is 12.2 Å². The van der Waals surface area contributed by atoms with Crippen LogP contribution >= 0.6 is 0 Å². The lowest BCUT2D eigenvalue weighted by molar-refractivity contribution is -0.156. The van der Waals surface area contributed by atoms with Crippen LogP contribution in [0.5, 0.6) is 0 Å². The molecule has 1 fully saturated rings. The number of aliphatic hydroxyl groups excluding tert-OH is 1. The number of carbonyl (C=O) groups excluding carboxylic acids is 4. The fourth-order valence-electron chi connectivity index (χ4n) is 2.84. The van der Waals surface area contributed by atoms with Gasteiger partial charge in [0.05, 0.1) is 6.42 Å². The maximum atomic E-state index is 12.6. The van der Waals surface area contributed by atoms with Crippen molar-refractivity contribution in [3.05, 3.63) is 71.8 Å². The molecule has 1 aliphatic rings. The molecule has 1 heterocycles. The summed E-state index contributed by atoms with van der Waals surface area (Å²) in [6.07, 6.45) is -0.460. The molecule has 144 valence electrons. The number of ether oxygens (including phenoxy) is 1. The zero-order valence-electron chi connectivity index (χ0n) is 14.9. The second kappa shape index (κ2) is 8.45. The molecule has 1 saturated heterocycles. The molecule has 1 unspecified atom stereocenters. The lowest BCUT2D eigenvalue weighted by Gasteiger charge is -2.36. The van der Waals surface area contributed by atoms with Crippen molar-refractivity contribution >= 4 is 23.8 Å². The van der Waals surface area contributed by atoms with Gasteiger partial charge in [-0.15, -0.1) is 0 Å². The second-order valence-corrected chi connectivity index (χ2v) is 6.11. The van der Waals surface area contributed by atoms with Gasteiger partial charge < -0.3 is 9.84 Å². The molecule has 3 rings (SSSR count). The van der Waals surface area contributed by atoms with E-state index in [0.29, 0.717) is 4.90 Å². The van der Waals surface area contributed by atoms with Gasteiger partial charge in [-0.25, -0.2) is 9.59 Å². The van der Waals surface area contributed by atoms with Crippen LogP contribution in [-0.4, -0.2) is 51.5 Å². The van der Waals surface area contributed by atoms with E-state index in [1.165, 1.54) is 12.1 Å². The third kappa shape index (κ3) is 3.91. The maximum absolute atomic E-state index is 12.6. The lowest BCUT2D eigenvalue weighted by atomic mass is 10.1. The van der Waals surface area contributed by atoms with Gasteiger partial charge in [-0.3, -0.25) is 14.5 Å². The van der Waals surface area contributed by atoms with Gasteiger partial charge in [-0.05, 0) is 17.7 Å². The predicted molar refractivity (Wildman–Crippen MR) is 96.6 cm³/mol. The van der Waals surface area contributed by atoms with Gasteiger partial charge in [0.15, 0.2) is 0 Å². The number of hydrogen-bond acceptors (Lipinski definition) is 6. The quantitative estimate of drug-likeness (QED) is 0.621. The number of urea groups is 1. The van der Waals surface area contributed by atoms with Gasteiger partial charge in [0, 0.05) is 5.56 Å². The Labute approximate surface area is 160 Å². The molecule has 1 atom stereocenters. The Kier molecular flexibility index (Phi) is 5.81. The molecule has 0 aromatic heterocycles. The SMILES string of the molecule is O=C(OCc1ccccc1)C1CC(=O)N(C(=O)c2ccccc2)C(=O)N1CO. The highest BCUT2D eigenvalue weighted by Crippen LogP contribution is 2.21. The minimum atomic E-state index is -1.30. The van der Waals surface area contributed by atoms with Crippen LogP contribution in [-0.2, 0) is 20.9 Å². The number of hydrogen-bond donors (Lipinski definition) is 1. The first-order valence-corrected chi connectivity index (χ1v) is 8.57. The van der Waals surface area contributed by atoms with Crippen molar-refractivity contribution in [2.75, 3.05) is 6.73 Å². The third-order valence-corrected chi connectivity index (χ3v) is 4.30. The zero-order valence-corrected chi connectivity index (χ0v) is 14.9. The smallest absolute Gasteiger partial charge is 0.336 e. The zero-order chi connectivity index (χ0) is 20.1. The normalized spacial score (nSPS) is 16.8. The molecule has 8 heteroatoms. The van der Waals surface area contributed by atoms with Gasteiger partial charge in [0.25, 0.3) is 5.91 Å². The van der Waals surface area contributed by atoms with E-state index < -0.39 is 43.0 Å². The minimum Gasteiger partial charge on any atom is -0.459 e. The molecular weight excluding hydrogens is 364 g/mol. The Bertz CT molecular complexity index is 884. The summed E-state index contributed by atoms with van der Waals surface area (Å²) in [5.74, 6) is -2.47.